The summed E-state index contributed by atoms with van der Waals surface area (Å²) in [5.74, 6) is 0.374. The van der Waals surface area contributed by atoms with E-state index < -0.39 is 11.6 Å². The molecular formula is C17H22O4. The molecule has 0 spiro atoms. The van der Waals surface area contributed by atoms with Crippen molar-refractivity contribution in [3.05, 3.63) is 29.3 Å². The smallest absolute Gasteiger partial charge is 0.344 e. The lowest BCUT2D eigenvalue weighted by Gasteiger charge is -2.20. The molecule has 1 aromatic carbocycles. The SMILES string of the molecule is CC(C)(C)OC(=O)COc1cccc2c1CCCCC2=O. The normalized spacial score (nSPS) is 15.1. The predicted octanol–water partition coefficient (Wildman–Crippen LogP) is 3.32. The van der Waals surface area contributed by atoms with Crippen LogP contribution in [0.4, 0.5) is 0 Å². The quantitative estimate of drug-likeness (QED) is 0.633. The molecule has 4 heteroatoms. The molecule has 21 heavy (non-hydrogen) atoms. The van der Waals surface area contributed by atoms with Gasteiger partial charge in [0.15, 0.2) is 12.4 Å². The fourth-order valence-corrected chi connectivity index (χ4v) is 2.45. The fraction of sp³-hybridized carbons (Fsp3) is 0.529. The number of hydrogen-bond donors (Lipinski definition) is 0. The van der Waals surface area contributed by atoms with E-state index in [0.29, 0.717) is 12.2 Å². The number of esters is 1. The molecule has 0 amide bonds. The standard InChI is InChI=1S/C17H22O4/c1-17(2,3)21-16(19)11-20-15-10-6-8-12-13(15)7-4-5-9-14(12)18/h6,8,10H,4-5,7,9,11H2,1-3H3. The summed E-state index contributed by atoms with van der Waals surface area (Å²) >= 11 is 0. The highest BCUT2D eigenvalue weighted by Crippen LogP contribution is 2.28. The van der Waals surface area contributed by atoms with E-state index in [-0.39, 0.29) is 12.4 Å². The summed E-state index contributed by atoms with van der Waals surface area (Å²) in [6.45, 7) is 5.32. The zero-order chi connectivity index (χ0) is 15.5. The predicted molar refractivity (Wildman–Crippen MR) is 79.7 cm³/mol. The minimum Gasteiger partial charge on any atom is -0.482 e. The first-order valence-electron chi connectivity index (χ1n) is 7.36. The molecule has 0 aromatic heterocycles. The maximum absolute atomic E-state index is 12.0. The molecule has 0 saturated carbocycles. The van der Waals surface area contributed by atoms with E-state index >= 15 is 0 Å². The Hall–Kier alpha value is -1.84. The van der Waals surface area contributed by atoms with E-state index in [9.17, 15) is 9.59 Å². The minimum absolute atomic E-state index is 0.137. The number of carbonyl (C=O) groups excluding carboxylic acids is 2. The summed E-state index contributed by atoms with van der Waals surface area (Å²) in [6.07, 6.45) is 3.26. The molecule has 0 fully saturated rings. The van der Waals surface area contributed by atoms with Crippen molar-refractivity contribution in [2.24, 2.45) is 0 Å². The van der Waals surface area contributed by atoms with Gasteiger partial charge >= 0.3 is 5.97 Å². The lowest BCUT2D eigenvalue weighted by Crippen LogP contribution is -2.27. The monoisotopic (exact) mass is 290 g/mol. The number of fused-ring (bicyclic) bond motifs is 1. The molecule has 0 atom stereocenters. The lowest BCUT2D eigenvalue weighted by molar-refractivity contribution is -0.157. The Morgan fingerprint density at radius 1 is 1.19 bits per heavy atom. The van der Waals surface area contributed by atoms with Gasteiger partial charge in [0.1, 0.15) is 11.4 Å². The van der Waals surface area contributed by atoms with Crippen molar-refractivity contribution in [2.75, 3.05) is 6.61 Å². The first kappa shape index (κ1) is 15.5. The number of hydrogen-bond acceptors (Lipinski definition) is 4. The molecule has 0 unspecified atom stereocenters. The van der Waals surface area contributed by atoms with Gasteiger partial charge in [-0.2, -0.15) is 0 Å². The van der Waals surface area contributed by atoms with E-state index in [1.165, 1.54) is 0 Å². The van der Waals surface area contributed by atoms with Gasteiger partial charge in [-0.15, -0.1) is 0 Å². The number of ketones is 1. The van der Waals surface area contributed by atoms with E-state index in [0.717, 1.165) is 30.4 Å². The first-order valence-corrected chi connectivity index (χ1v) is 7.36. The van der Waals surface area contributed by atoms with Crippen molar-refractivity contribution in [3.8, 4) is 5.75 Å². The summed E-state index contributed by atoms with van der Waals surface area (Å²) in [5.41, 5.74) is 1.13. The Balaban J connectivity index is 2.09. The number of carbonyl (C=O) groups is 2. The summed E-state index contributed by atoms with van der Waals surface area (Å²) in [5, 5.41) is 0. The van der Waals surface area contributed by atoms with Crippen LogP contribution in [0.1, 0.15) is 56.0 Å². The number of benzene rings is 1. The maximum atomic E-state index is 12.0. The van der Waals surface area contributed by atoms with Gasteiger partial charge in [-0.3, -0.25) is 4.79 Å². The van der Waals surface area contributed by atoms with Gasteiger partial charge in [-0.25, -0.2) is 4.79 Å². The number of Topliss-reactive ketones (excluding diaryl/α,β-unsaturated/α-hetero) is 1. The molecule has 0 radical (unpaired) electrons. The van der Waals surface area contributed by atoms with Crippen molar-refractivity contribution in [1.29, 1.82) is 0 Å². The van der Waals surface area contributed by atoms with Crippen molar-refractivity contribution >= 4 is 11.8 Å². The van der Waals surface area contributed by atoms with Crippen LogP contribution in [0.3, 0.4) is 0 Å². The van der Waals surface area contributed by atoms with Gasteiger partial charge < -0.3 is 9.47 Å². The Morgan fingerprint density at radius 3 is 2.62 bits per heavy atom. The Bertz CT molecular complexity index is 540. The van der Waals surface area contributed by atoms with Crippen LogP contribution < -0.4 is 4.74 Å². The van der Waals surface area contributed by atoms with Gasteiger partial charge in [0.25, 0.3) is 0 Å². The fourth-order valence-electron chi connectivity index (χ4n) is 2.45. The summed E-state index contributed by atoms with van der Waals surface area (Å²) in [4.78, 5) is 23.8. The Labute approximate surface area is 125 Å². The second-order valence-electron chi connectivity index (χ2n) is 6.29. The Kier molecular flexibility index (Phi) is 4.66. The van der Waals surface area contributed by atoms with E-state index in [1.807, 2.05) is 32.9 Å². The molecule has 114 valence electrons. The lowest BCUT2D eigenvalue weighted by atomic mass is 10.0. The van der Waals surface area contributed by atoms with Crippen LogP contribution in [0.15, 0.2) is 18.2 Å². The van der Waals surface area contributed by atoms with Gasteiger partial charge in [-0.1, -0.05) is 12.1 Å². The molecule has 1 aliphatic rings. The summed E-state index contributed by atoms with van der Waals surface area (Å²) < 4.78 is 10.8. The number of rotatable bonds is 3. The van der Waals surface area contributed by atoms with Crippen molar-refractivity contribution in [1.82, 2.24) is 0 Å². The third-order valence-electron chi connectivity index (χ3n) is 3.28. The van der Waals surface area contributed by atoms with Crippen molar-refractivity contribution in [2.45, 2.75) is 52.1 Å². The third-order valence-corrected chi connectivity index (χ3v) is 3.28. The molecular weight excluding hydrogens is 268 g/mol. The van der Waals surface area contributed by atoms with Gasteiger partial charge in [0, 0.05) is 17.5 Å². The Morgan fingerprint density at radius 2 is 1.90 bits per heavy atom. The van der Waals surface area contributed by atoms with Gasteiger partial charge in [-0.05, 0) is 46.1 Å². The highest BCUT2D eigenvalue weighted by molar-refractivity contribution is 5.98. The first-order chi connectivity index (χ1) is 9.87. The van der Waals surface area contributed by atoms with Crippen LogP contribution >= 0.6 is 0 Å². The van der Waals surface area contributed by atoms with E-state index in [4.69, 9.17) is 9.47 Å². The average Bonchev–Trinajstić information content (AvgIpc) is 2.57. The van der Waals surface area contributed by atoms with Crippen LogP contribution in [0.5, 0.6) is 5.75 Å². The molecule has 0 heterocycles. The van der Waals surface area contributed by atoms with Crippen LogP contribution in [-0.4, -0.2) is 24.0 Å². The molecule has 1 aromatic rings. The molecule has 4 nitrogen and oxygen atoms in total. The molecule has 0 saturated heterocycles. The topological polar surface area (TPSA) is 52.6 Å². The zero-order valence-electron chi connectivity index (χ0n) is 12.9. The highest BCUT2D eigenvalue weighted by atomic mass is 16.6. The summed E-state index contributed by atoms with van der Waals surface area (Å²) in [6, 6.07) is 5.44. The second kappa shape index (κ2) is 6.29. The molecule has 2 rings (SSSR count). The zero-order valence-corrected chi connectivity index (χ0v) is 12.9. The maximum Gasteiger partial charge on any atom is 0.344 e. The summed E-state index contributed by atoms with van der Waals surface area (Å²) in [7, 11) is 0. The average molecular weight is 290 g/mol. The number of ether oxygens (including phenoxy) is 2. The van der Waals surface area contributed by atoms with Gasteiger partial charge in [0.05, 0.1) is 0 Å². The highest BCUT2D eigenvalue weighted by Gasteiger charge is 2.20. The third kappa shape index (κ3) is 4.31. The molecule has 1 aliphatic carbocycles. The second-order valence-corrected chi connectivity index (χ2v) is 6.29. The molecule has 0 N–H and O–H groups in total. The minimum atomic E-state index is -0.524. The van der Waals surface area contributed by atoms with Crippen molar-refractivity contribution < 1.29 is 19.1 Å². The van der Waals surface area contributed by atoms with Crippen molar-refractivity contribution in [3.63, 3.8) is 0 Å². The molecule has 0 bridgehead atoms. The molecule has 0 aliphatic heterocycles. The van der Waals surface area contributed by atoms with Crippen LogP contribution in [0, 0.1) is 0 Å². The van der Waals surface area contributed by atoms with Gasteiger partial charge in [0.2, 0.25) is 0 Å². The van der Waals surface area contributed by atoms with Crippen LogP contribution in [0.25, 0.3) is 0 Å². The largest absolute Gasteiger partial charge is 0.482 e. The van der Waals surface area contributed by atoms with Crippen LogP contribution in [0.2, 0.25) is 0 Å². The van der Waals surface area contributed by atoms with E-state index in [1.54, 1.807) is 6.07 Å². The van der Waals surface area contributed by atoms with Crippen LogP contribution in [-0.2, 0) is 16.0 Å². The van der Waals surface area contributed by atoms with E-state index in [2.05, 4.69) is 0 Å².